The summed E-state index contributed by atoms with van der Waals surface area (Å²) in [4.78, 5) is 44.1. The van der Waals surface area contributed by atoms with Crippen molar-refractivity contribution in [3.8, 4) is 0 Å². The van der Waals surface area contributed by atoms with Crippen molar-refractivity contribution in [1.29, 1.82) is 0 Å². The van der Waals surface area contributed by atoms with Gasteiger partial charge < -0.3 is 15.0 Å². The second-order valence-electron chi connectivity index (χ2n) is 5.94. The Morgan fingerprint density at radius 1 is 1.29 bits per heavy atom. The first kappa shape index (κ1) is 19.6. The number of benzene rings is 1. The van der Waals surface area contributed by atoms with E-state index >= 15 is 0 Å². The van der Waals surface area contributed by atoms with Gasteiger partial charge in [0.15, 0.2) is 0 Å². The number of nitrogens with one attached hydrogen (secondary N) is 2. The molecular formula is C18H15F2N3O4S. The Morgan fingerprint density at radius 2 is 2.04 bits per heavy atom. The lowest BCUT2D eigenvalue weighted by Gasteiger charge is -2.07. The van der Waals surface area contributed by atoms with Gasteiger partial charge in [0.05, 0.1) is 10.9 Å². The number of thiophene rings is 1. The molecule has 0 fully saturated rings. The summed E-state index contributed by atoms with van der Waals surface area (Å²) in [5.41, 5.74) is 0.00468. The average molecular weight is 407 g/mol. The molecule has 0 aliphatic rings. The van der Waals surface area contributed by atoms with Gasteiger partial charge in [-0.15, -0.1) is 11.3 Å². The number of hydrogen-bond acceptors (Lipinski definition) is 6. The number of carbonyl (C=O) groups is 2. The molecule has 0 bridgehead atoms. The minimum absolute atomic E-state index is 0.162. The highest BCUT2D eigenvalue weighted by molar-refractivity contribution is 7.18. The summed E-state index contributed by atoms with van der Waals surface area (Å²) in [6.45, 7) is 2.85. The molecular weight excluding hydrogens is 392 g/mol. The number of amides is 1. The van der Waals surface area contributed by atoms with Crippen molar-refractivity contribution in [3.63, 3.8) is 0 Å². The Morgan fingerprint density at radius 3 is 2.79 bits per heavy atom. The number of fused-ring (bicyclic) bond motifs is 1. The SMILES string of the molecule is Cc1sc2nc(COC(=O)CNC(=O)c3cc(F)ccc3F)[nH]c(=O)c2c1C. The van der Waals surface area contributed by atoms with Crippen molar-refractivity contribution in [2.75, 3.05) is 6.54 Å². The van der Waals surface area contributed by atoms with Gasteiger partial charge in [-0.1, -0.05) is 0 Å². The van der Waals surface area contributed by atoms with Crippen LogP contribution in [0.2, 0.25) is 0 Å². The number of nitrogens with zero attached hydrogens (tertiary/aromatic N) is 1. The highest BCUT2D eigenvalue weighted by Crippen LogP contribution is 2.25. The van der Waals surface area contributed by atoms with E-state index in [2.05, 4.69) is 15.3 Å². The first-order valence-corrected chi connectivity index (χ1v) is 8.95. The highest BCUT2D eigenvalue weighted by atomic mass is 32.1. The van der Waals surface area contributed by atoms with Crippen LogP contribution in [-0.4, -0.2) is 28.4 Å². The number of carbonyl (C=O) groups excluding carboxylic acids is 2. The molecule has 10 heteroatoms. The third-order valence-electron chi connectivity index (χ3n) is 4.02. The highest BCUT2D eigenvalue weighted by Gasteiger charge is 2.16. The Hall–Kier alpha value is -3.14. The summed E-state index contributed by atoms with van der Waals surface area (Å²) < 4.78 is 31.6. The van der Waals surface area contributed by atoms with Crippen LogP contribution >= 0.6 is 11.3 Å². The predicted octanol–water partition coefficient (Wildman–Crippen LogP) is 2.35. The molecule has 1 amide bonds. The lowest BCUT2D eigenvalue weighted by Crippen LogP contribution is -2.31. The van der Waals surface area contributed by atoms with Crippen LogP contribution < -0.4 is 10.9 Å². The summed E-state index contributed by atoms with van der Waals surface area (Å²) in [7, 11) is 0. The molecule has 0 unspecified atom stereocenters. The Labute approximate surface area is 161 Å². The summed E-state index contributed by atoms with van der Waals surface area (Å²) in [6, 6.07) is 2.42. The fraction of sp³-hybridized carbons (Fsp3) is 0.222. The molecule has 2 N–H and O–H groups in total. The van der Waals surface area contributed by atoms with E-state index in [0.717, 1.165) is 28.6 Å². The molecule has 1 aromatic carbocycles. The minimum atomic E-state index is -0.952. The molecule has 3 rings (SSSR count). The maximum absolute atomic E-state index is 13.5. The molecule has 0 saturated heterocycles. The van der Waals surface area contributed by atoms with Gasteiger partial charge >= 0.3 is 5.97 Å². The number of hydrogen-bond donors (Lipinski definition) is 2. The molecule has 0 aliphatic carbocycles. The second kappa shape index (κ2) is 7.85. The normalized spacial score (nSPS) is 10.9. The number of aryl methyl sites for hydroxylation is 2. The van der Waals surface area contributed by atoms with Crippen LogP contribution in [0.3, 0.4) is 0 Å². The Bertz CT molecular complexity index is 1140. The Balaban J connectivity index is 1.60. The lowest BCUT2D eigenvalue weighted by molar-refractivity contribution is -0.143. The van der Waals surface area contributed by atoms with E-state index < -0.39 is 35.6 Å². The van der Waals surface area contributed by atoms with Crippen molar-refractivity contribution in [3.05, 3.63) is 62.0 Å². The minimum Gasteiger partial charge on any atom is -0.456 e. The van der Waals surface area contributed by atoms with E-state index in [4.69, 9.17) is 4.74 Å². The van der Waals surface area contributed by atoms with Gasteiger partial charge in [0.2, 0.25) is 0 Å². The van der Waals surface area contributed by atoms with E-state index in [1.807, 2.05) is 13.8 Å². The van der Waals surface area contributed by atoms with E-state index in [1.165, 1.54) is 11.3 Å². The number of ether oxygens (including phenoxy) is 1. The molecule has 0 saturated carbocycles. The first-order valence-electron chi connectivity index (χ1n) is 8.14. The molecule has 0 spiro atoms. The van der Waals surface area contributed by atoms with Gasteiger partial charge in [0.1, 0.15) is 35.4 Å². The quantitative estimate of drug-likeness (QED) is 0.633. The fourth-order valence-electron chi connectivity index (χ4n) is 2.49. The number of aromatic amines is 1. The zero-order valence-corrected chi connectivity index (χ0v) is 15.7. The van der Waals surface area contributed by atoms with Crippen LogP contribution in [0, 0.1) is 25.5 Å². The van der Waals surface area contributed by atoms with Gasteiger partial charge in [0, 0.05) is 4.88 Å². The van der Waals surface area contributed by atoms with Gasteiger partial charge in [0.25, 0.3) is 11.5 Å². The summed E-state index contributed by atoms with van der Waals surface area (Å²) in [6.07, 6.45) is 0. The third-order valence-corrected chi connectivity index (χ3v) is 5.13. The fourth-order valence-corrected chi connectivity index (χ4v) is 3.54. The predicted molar refractivity (Wildman–Crippen MR) is 98.2 cm³/mol. The van der Waals surface area contributed by atoms with Crippen molar-refractivity contribution in [2.45, 2.75) is 20.5 Å². The molecule has 0 aliphatic heterocycles. The smallest absolute Gasteiger partial charge is 0.325 e. The van der Waals surface area contributed by atoms with Gasteiger partial charge in [-0.25, -0.2) is 13.8 Å². The van der Waals surface area contributed by atoms with Crippen molar-refractivity contribution in [2.24, 2.45) is 0 Å². The van der Waals surface area contributed by atoms with Crippen molar-refractivity contribution in [1.82, 2.24) is 15.3 Å². The molecule has 0 radical (unpaired) electrons. The maximum atomic E-state index is 13.5. The Kier molecular flexibility index (Phi) is 5.50. The van der Waals surface area contributed by atoms with Crippen LogP contribution in [0.4, 0.5) is 8.78 Å². The van der Waals surface area contributed by atoms with Crippen LogP contribution in [0.5, 0.6) is 0 Å². The summed E-state index contributed by atoms with van der Waals surface area (Å²) >= 11 is 1.36. The molecule has 7 nitrogen and oxygen atoms in total. The third kappa shape index (κ3) is 4.06. The second-order valence-corrected chi connectivity index (χ2v) is 7.15. The van der Waals surface area contributed by atoms with Crippen LogP contribution in [-0.2, 0) is 16.1 Å². The zero-order valence-electron chi connectivity index (χ0n) is 14.9. The number of halogens is 2. The molecule has 146 valence electrons. The van der Waals surface area contributed by atoms with Crippen LogP contribution in [0.15, 0.2) is 23.0 Å². The monoisotopic (exact) mass is 407 g/mol. The molecule has 28 heavy (non-hydrogen) atoms. The van der Waals surface area contributed by atoms with E-state index in [9.17, 15) is 23.2 Å². The van der Waals surface area contributed by atoms with Crippen molar-refractivity contribution < 1.29 is 23.1 Å². The number of esters is 1. The van der Waals surface area contributed by atoms with Gasteiger partial charge in [-0.2, -0.15) is 0 Å². The van der Waals surface area contributed by atoms with Crippen LogP contribution in [0.25, 0.3) is 10.2 Å². The molecule has 2 heterocycles. The maximum Gasteiger partial charge on any atom is 0.325 e. The zero-order chi connectivity index (χ0) is 20.4. The number of rotatable bonds is 5. The van der Waals surface area contributed by atoms with E-state index in [0.29, 0.717) is 10.2 Å². The van der Waals surface area contributed by atoms with Gasteiger partial charge in [-0.3, -0.25) is 14.4 Å². The summed E-state index contributed by atoms with van der Waals surface area (Å²) in [5.74, 6) is -3.31. The number of aromatic nitrogens is 2. The molecule has 0 atom stereocenters. The topological polar surface area (TPSA) is 101 Å². The average Bonchev–Trinajstić information content (AvgIpc) is 2.94. The lowest BCUT2D eigenvalue weighted by atomic mass is 10.2. The van der Waals surface area contributed by atoms with Crippen molar-refractivity contribution >= 4 is 33.4 Å². The van der Waals surface area contributed by atoms with Gasteiger partial charge in [-0.05, 0) is 37.6 Å². The standard InChI is InChI=1S/C18H15F2N3O4S/c1-8-9(2)28-18-15(8)17(26)22-13(23-18)7-27-14(24)6-21-16(25)11-5-10(19)3-4-12(11)20/h3-5H,6-7H2,1-2H3,(H,21,25)(H,22,23,26). The van der Waals surface area contributed by atoms with Crippen LogP contribution in [0.1, 0.15) is 26.6 Å². The first-order chi connectivity index (χ1) is 13.3. The number of H-pyrrole nitrogens is 1. The van der Waals surface area contributed by atoms with E-state index in [-0.39, 0.29) is 18.0 Å². The molecule has 2 aromatic heterocycles. The van der Waals surface area contributed by atoms with E-state index in [1.54, 1.807) is 0 Å². The summed E-state index contributed by atoms with van der Waals surface area (Å²) in [5, 5.41) is 2.65. The largest absolute Gasteiger partial charge is 0.456 e. The molecule has 3 aromatic rings.